The maximum atomic E-state index is 13.1. The van der Waals surface area contributed by atoms with Crippen molar-refractivity contribution in [1.29, 1.82) is 0 Å². The third-order valence-corrected chi connectivity index (χ3v) is 4.62. The fraction of sp³-hybridized carbons (Fsp3) is 0.529. The largest absolute Gasteiger partial charge is 0.479 e. The zero-order chi connectivity index (χ0) is 18.8. The van der Waals surface area contributed by atoms with Crippen molar-refractivity contribution in [1.82, 2.24) is 4.90 Å². The standard InChI is InChI=1S/C17H20F3NO4/c1-11(12-4-2-3-5-13(12)17(18,19)20)10-14(22)21-8-6-16(25,7-9-21)15(23)24/h2-5,11,25H,6-10H2,1H3,(H,23,24). The molecule has 1 aliphatic rings. The summed E-state index contributed by atoms with van der Waals surface area (Å²) in [5.74, 6) is -2.31. The van der Waals surface area contributed by atoms with Crippen molar-refractivity contribution in [3.63, 3.8) is 0 Å². The van der Waals surface area contributed by atoms with Crippen LogP contribution >= 0.6 is 0 Å². The Hall–Kier alpha value is -2.09. The number of carbonyl (C=O) groups excluding carboxylic acids is 1. The number of carboxylic acids is 1. The number of aliphatic hydroxyl groups is 1. The molecule has 0 saturated carbocycles. The Morgan fingerprint density at radius 3 is 2.32 bits per heavy atom. The number of hydrogen-bond acceptors (Lipinski definition) is 3. The van der Waals surface area contributed by atoms with Crippen molar-refractivity contribution in [2.75, 3.05) is 13.1 Å². The smallest absolute Gasteiger partial charge is 0.416 e. The van der Waals surface area contributed by atoms with Crippen LogP contribution in [0.3, 0.4) is 0 Å². The van der Waals surface area contributed by atoms with E-state index in [1.54, 1.807) is 6.92 Å². The van der Waals surface area contributed by atoms with Gasteiger partial charge in [-0.05, 0) is 17.5 Å². The fourth-order valence-electron chi connectivity index (χ4n) is 3.03. The first-order chi connectivity index (χ1) is 11.5. The number of halogens is 3. The molecular weight excluding hydrogens is 339 g/mol. The lowest BCUT2D eigenvalue weighted by Gasteiger charge is -2.35. The molecule has 138 valence electrons. The first kappa shape index (κ1) is 19.2. The molecule has 2 N–H and O–H groups in total. The minimum Gasteiger partial charge on any atom is -0.479 e. The normalized spacial score (nSPS) is 18.7. The van der Waals surface area contributed by atoms with Crippen LogP contribution in [0.25, 0.3) is 0 Å². The van der Waals surface area contributed by atoms with Crippen molar-refractivity contribution < 1.29 is 33.0 Å². The summed E-state index contributed by atoms with van der Waals surface area (Å²) in [6.45, 7) is 1.69. The predicted octanol–water partition coefficient (Wildman–Crippen LogP) is 2.64. The zero-order valence-corrected chi connectivity index (χ0v) is 13.7. The number of alkyl halides is 3. The van der Waals surface area contributed by atoms with Crippen LogP contribution in [0, 0.1) is 0 Å². The highest BCUT2D eigenvalue weighted by molar-refractivity contribution is 5.80. The maximum Gasteiger partial charge on any atom is 0.416 e. The molecule has 1 atom stereocenters. The van der Waals surface area contributed by atoms with Gasteiger partial charge in [0, 0.05) is 32.4 Å². The van der Waals surface area contributed by atoms with Gasteiger partial charge in [-0.2, -0.15) is 13.2 Å². The zero-order valence-electron chi connectivity index (χ0n) is 13.7. The summed E-state index contributed by atoms with van der Waals surface area (Å²) in [6.07, 6.45) is -4.79. The van der Waals surface area contributed by atoms with Gasteiger partial charge in [0.15, 0.2) is 5.60 Å². The number of likely N-dealkylation sites (tertiary alicyclic amines) is 1. The van der Waals surface area contributed by atoms with E-state index >= 15 is 0 Å². The summed E-state index contributed by atoms with van der Waals surface area (Å²) in [7, 11) is 0. The molecule has 1 aliphatic heterocycles. The molecule has 5 nitrogen and oxygen atoms in total. The number of amides is 1. The molecule has 0 aromatic heterocycles. The van der Waals surface area contributed by atoms with E-state index < -0.39 is 29.2 Å². The highest BCUT2D eigenvalue weighted by Crippen LogP contribution is 2.36. The molecule has 0 bridgehead atoms. The molecule has 2 rings (SSSR count). The highest BCUT2D eigenvalue weighted by Gasteiger charge is 2.41. The Morgan fingerprint density at radius 2 is 1.80 bits per heavy atom. The molecule has 1 aromatic carbocycles. The minimum absolute atomic E-state index is 0.0578. The fourth-order valence-corrected chi connectivity index (χ4v) is 3.03. The van der Waals surface area contributed by atoms with E-state index in [-0.39, 0.29) is 43.8 Å². The van der Waals surface area contributed by atoms with E-state index in [9.17, 15) is 27.9 Å². The topological polar surface area (TPSA) is 77.8 Å². The number of carbonyl (C=O) groups is 2. The summed E-state index contributed by atoms with van der Waals surface area (Å²) in [5, 5.41) is 18.8. The SMILES string of the molecule is CC(CC(=O)N1CCC(O)(C(=O)O)CC1)c1ccccc1C(F)(F)F. The molecule has 25 heavy (non-hydrogen) atoms. The molecule has 1 saturated heterocycles. The molecule has 1 fully saturated rings. The molecule has 0 aliphatic carbocycles. The average molecular weight is 359 g/mol. The van der Waals surface area contributed by atoms with Gasteiger partial charge in [0.25, 0.3) is 0 Å². The van der Waals surface area contributed by atoms with Gasteiger partial charge in [-0.25, -0.2) is 4.79 Å². The second-order valence-electron chi connectivity index (χ2n) is 6.41. The van der Waals surface area contributed by atoms with E-state index in [0.29, 0.717) is 0 Å². The van der Waals surface area contributed by atoms with Gasteiger partial charge < -0.3 is 15.1 Å². The first-order valence-electron chi connectivity index (χ1n) is 7.94. The highest BCUT2D eigenvalue weighted by atomic mass is 19.4. The van der Waals surface area contributed by atoms with Crippen molar-refractivity contribution in [2.24, 2.45) is 0 Å². The van der Waals surface area contributed by atoms with Gasteiger partial charge in [0.2, 0.25) is 5.91 Å². The van der Waals surface area contributed by atoms with E-state index in [2.05, 4.69) is 0 Å². The van der Waals surface area contributed by atoms with Gasteiger partial charge in [0.05, 0.1) is 5.56 Å². The van der Waals surface area contributed by atoms with Crippen LogP contribution in [0.1, 0.15) is 43.2 Å². The average Bonchev–Trinajstić information content (AvgIpc) is 2.54. The maximum absolute atomic E-state index is 13.1. The molecule has 1 amide bonds. The van der Waals surface area contributed by atoms with Crippen LogP contribution in [-0.4, -0.2) is 45.7 Å². The van der Waals surface area contributed by atoms with Gasteiger partial charge in [0.1, 0.15) is 0 Å². The molecule has 8 heteroatoms. The van der Waals surface area contributed by atoms with E-state index in [0.717, 1.165) is 6.07 Å². The molecule has 1 aromatic rings. The van der Waals surface area contributed by atoms with E-state index in [1.807, 2.05) is 0 Å². The number of hydrogen-bond donors (Lipinski definition) is 2. The van der Waals surface area contributed by atoms with Gasteiger partial charge in [-0.3, -0.25) is 4.79 Å². The Kier molecular flexibility index (Phi) is 5.41. The Labute approximate surface area is 143 Å². The number of benzene rings is 1. The Bertz CT molecular complexity index is 652. The van der Waals surface area contributed by atoms with Crippen molar-refractivity contribution >= 4 is 11.9 Å². The molecular formula is C17H20F3NO4. The predicted molar refractivity (Wildman–Crippen MR) is 82.9 cm³/mol. The van der Waals surface area contributed by atoms with Gasteiger partial charge in [-0.15, -0.1) is 0 Å². The second-order valence-corrected chi connectivity index (χ2v) is 6.41. The molecule has 1 heterocycles. The van der Waals surface area contributed by atoms with Crippen molar-refractivity contribution in [3.05, 3.63) is 35.4 Å². The van der Waals surface area contributed by atoms with Crippen LogP contribution in [0.5, 0.6) is 0 Å². The van der Waals surface area contributed by atoms with Gasteiger partial charge >= 0.3 is 12.1 Å². The van der Waals surface area contributed by atoms with Crippen LogP contribution in [0.2, 0.25) is 0 Å². The molecule has 1 unspecified atom stereocenters. The lowest BCUT2D eigenvalue weighted by Crippen LogP contribution is -2.51. The first-order valence-corrected chi connectivity index (χ1v) is 7.94. The van der Waals surface area contributed by atoms with E-state index in [1.165, 1.54) is 23.1 Å². The minimum atomic E-state index is -4.49. The lowest BCUT2D eigenvalue weighted by atomic mass is 9.89. The number of aliphatic carboxylic acids is 1. The summed E-state index contributed by atoms with van der Waals surface area (Å²) in [4.78, 5) is 24.7. The number of rotatable bonds is 4. The Morgan fingerprint density at radius 1 is 1.24 bits per heavy atom. The summed E-state index contributed by atoms with van der Waals surface area (Å²) >= 11 is 0. The van der Waals surface area contributed by atoms with Crippen LogP contribution in [0.4, 0.5) is 13.2 Å². The third-order valence-electron chi connectivity index (χ3n) is 4.62. The van der Waals surface area contributed by atoms with E-state index in [4.69, 9.17) is 5.11 Å². The number of piperidine rings is 1. The Balaban J connectivity index is 2.04. The van der Waals surface area contributed by atoms with Crippen LogP contribution in [-0.2, 0) is 15.8 Å². The number of carboxylic acid groups (broad SMARTS) is 1. The summed E-state index contributed by atoms with van der Waals surface area (Å²) in [5.41, 5.74) is -2.54. The third kappa shape index (κ3) is 4.31. The lowest BCUT2D eigenvalue weighted by molar-refractivity contribution is -0.165. The van der Waals surface area contributed by atoms with Gasteiger partial charge in [-0.1, -0.05) is 25.1 Å². The summed E-state index contributed by atoms with van der Waals surface area (Å²) < 4.78 is 39.2. The monoisotopic (exact) mass is 359 g/mol. The quantitative estimate of drug-likeness (QED) is 0.866. The van der Waals surface area contributed by atoms with Crippen molar-refractivity contribution in [3.8, 4) is 0 Å². The van der Waals surface area contributed by atoms with Crippen LogP contribution in [0.15, 0.2) is 24.3 Å². The molecule has 0 spiro atoms. The van der Waals surface area contributed by atoms with Crippen LogP contribution < -0.4 is 0 Å². The summed E-state index contributed by atoms with van der Waals surface area (Å²) in [6, 6.07) is 5.15. The van der Waals surface area contributed by atoms with Crippen molar-refractivity contribution in [2.45, 2.75) is 43.9 Å². The second kappa shape index (κ2) is 7.03. The number of nitrogens with zero attached hydrogens (tertiary/aromatic N) is 1. The molecule has 0 radical (unpaired) electrons.